The van der Waals surface area contributed by atoms with Crippen LogP contribution in [0.25, 0.3) is 0 Å². The zero-order valence-electron chi connectivity index (χ0n) is 6.80. The molecule has 12 heavy (non-hydrogen) atoms. The number of halogens is 1. The van der Waals surface area contributed by atoms with Crippen molar-refractivity contribution in [2.75, 3.05) is 11.6 Å². The van der Waals surface area contributed by atoms with Gasteiger partial charge in [0.15, 0.2) is 5.78 Å². The molecule has 1 aromatic carbocycles. The summed E-state index contributed by atoms with van der Waals surface area (Å²) in [6, 6.07) is 5.35. The summed E-state index contributed by atoms with van der Waals surface area (Å²) in [5, 5.41) is 0. The zero-order valence-corrected chi connectivity index (χ0v) is 7.56. The van der Waals surface area contributed by atoms with Gasteiger partial charge in [-0.1, -0.05) is 12.1 Å². The quantitative estimate of drug-likeness (QED) is 0.433. The number of rotatable bonds is 2. The largest absolute Gasteiger partial charge is 0.398 e. The molecular weight excluding hydrogens is 174 g/mol. The molecule has 0 aliphatic rings. The van der Waals surface area contributed by atoms with Crippen LogP contribution < -0.4 is 5.73 Å². The third kappa shape index (κ3) is 1.59. The van der Waals surface area contributed by atoms with E-state index in [2.05, 4.69) is 0 Å². The Morgan fingerprint density at radius 3 is 2.83 bits per heavy atom. The summed E-state index contributed by atoms with van der Waals surface area (Å²) < 4.78 is 0. The molecule has 0 bridgehead atoms. The predicted molar refractivity (Wildman–Crippen MR) is 50.6 cm³/mol. The number of para-hydroxylation sites is 1. The number of hydrogen-bond donors (Lipinski definition) is 1. The number of ketones is 1. The fourth-order valence-electron chi connectivity index (χ4n) is 0.996. The summed E-state index contributed by atoms with van der Waals surface area (Å²) in [5.41, 5.74) is 7.64. The summed E-state index contributed by atoms with van der Waals surface area (Å²) in [7, 11) is 0. The van der Waals surface area contributed by atoms with Crippen molar-refractivity contribution in [1.29, 1.82) is 0 Å². The Morgan fingerprint density at radius 2 is 2.25 bits per heavy atom. The first kappa shape index (κ1) is 9.07. The number of nitrogen functional groups attached to an aromatic ring is 1. The number of Topliss-reactive ketones (excluding diaryl/α,β-unsaturated/α-hetero) is 1. The molecule has 0 atom stereocenters. The highest BCUT2D eigenvalue weighted by Gasteiger charge is 2.08. The topological polar surface area (TPSA) is 43.1 Å². The van der Waals surface area contributed by atoms with Gasteiger partial charge in [0.1, 0.15) is 0 Å². The van der Waals surface area contributed by atoms with Crippen LogP contribution in [0.1, 0.15) is 15.9 Å². The summed E-state index contributed by atoms with van der Waals surface area (Å²) in [5.74, 6) is -0.147. The number of carbonyl (C=O) groups is 1. The molecule has 0 radical (unpaired) electrons. The van der Waals surface area contributed by atoms with Crippen LogP contribution in [-0.2, 0) is 0 Å². The second-order valence-corrected chi connectivity index (χ2v) is 2.86. The molecule has 64 valence electrons. The van der Waals surface area contributed by atoms with E-state index in [0.29, 0.717) is 11.3 Å². The third-order valence-corrected chi connectivity index (χ3v) is 1.99. The van der Waals surface area contributed by atoms with Crippen LogP contribution >= 0.6 is 11.6 Å². The number of aryl methyl sites for hydroxylation is 1. The summed E-state index contributed by atoms with van der Waals surface area (Å²) >= 11 is 5.41. The highest BCUT2D eigenvalue weighted by molar-refractivity contribution is 6.31. The smallest absolute Gasteiger partial charge is 0.179 e. The average molecular weight is 184 g/mol. The predicted octanol–water partition coefficient (Wildman–Crippen LogP) is 2.00. The molecule has 0 amide bonds. The van der Waals surface area contributed by atoms with Gasteiger partial charge in [0.2, 0.25) is 0 Å². The fourth-order valence-corrected chi connectivity index (χ4v) is 1.14. The summed E-state index contributed by atoms with van der Waals surface area (Å²) in [4.78, 5) is 11.2. The Morgan fingerprint density at radius 1 is 1.58 bits per heavy atom. The molecule has 2 N–H and O–H groups in total. The second-order valence-electron chi connectivity index (χ2n) is 2.59. The Kier molecular flexibility index (Phi) is 2.71. The van der Waals surface area contributed by atoms with Crippen molar-refractivity contribution in [3.8, 4) is 0 Å². The van der Waals surface area contributed by atoms with Gasteiger partial charge in [0.05, 0.1) is 5.88 Å². The molecule has 0 spiro atoms. The molecule has 0 aromatic heterocycles. The SMILES string of the molecule is Cc1cccc(C(=O)CCl)c1N. The molecule has 0 saturated heterocycles. The lowest BCUT2D eigenvalue weighted by Crippen LogP contribution is -2.05. The van der Waals surface area contributed by atoms with Crippen LogP contribution in [0.3, 0.4) is 0 Å². The molecule has 3 heteroatoms. The van der Waals surface area contributed by atoms with Crippen LogP contribution in [0, 0.1) is 6.92 Å². The van der Waals surface area contributed by atoms with Crippen molar-refractivity contribution in [2.45, 2.75) is 6.92 Å². The van der Waals surface area contributed by atoms with Gasteiger partial charge in [-0.3, -0.25) is 4.79 Å². The van der Waals surface area contributed by atoms with E-state index < -0.39 is 0 Å². The summed E-state index contributed by atoms with van der Waals surface area (Å²) in [6.45, 7) is 1.86. The van der Waals surface area contributed by atoms with Gasteiger partial charge in [-0.2, -0.15) is 0 Å². The number of carbonyl (C=O) groups excluding carboxylic acids is 1. The lowest BCUT2D eigenvalue weighted by atomic mass is 10.1. The van der Waals surface area contributed by atoms with Crippen molar-refractivity contribution in [3.63, 3.8) is 0 Å². The number of benzene rings is 1. The average Bonchev–Trinajstić information content (AvgIpc) is 2.08. The lowest BCUT2D eigenvalue weighted by Gasteiger charge is -2.04. The van der Waals surface area contributed by atoms with Crippen molar-refractivity contribution in [3.05, 3.63) is 29.3 Å². The van der Waals surface area contributed by atoms with Crippen LogP contribution in [0.4, 0.5) is 5.69 Å². The molecule has 0 fully saturated rings. The van der Waals surface area contributed by atoms with Gasteiger partial charge >= 0.3 is 0 Å². The van der Waals surface area contributed by atoms with Gasteiger partial charge in [0, 0.05) is 11.3 Å². The number of anilines is 1. The minimum Gasteiger partial charge on any atom is -0.398 e. The van der Waals surface area contributed by atoms with E-state index in [4.69, 9.17) is 17.3 Å². The Balaban J connectivity index is 3.16. The summed E-state index contributed by atoms with van der Waals surface area (Å²) in [6.07, 6.45) is 0. The Bertz CT molecular complexity index is 309. The molecule has 0 saturated carbocycles. The minimum absolute atomic E-state index is 0.0202. The maximum atomic E-state index is 11.2. The highest BCUT2D eigenvalue weighted by Crippen LogP contribution is 2.17. The normalized spacial score (nSPS) is 9.83. The number of hydrogen-bond acceptors (Lipinski definition) is 2. The molecule has 2 nitrogen and oxygen atoms in total. The van der Waals surface area contributed by atoms with E-state index in [1.165, 1.54) is 0 Å². The molecular formula is C9H10ClNO. The molecule has 0 aliphatic carbocycles. The van der Waals surface area contributed by atoms with Gasteiger partial charge in [-0.15, -0.1) is 11.6 Å². The van der Waals surface area contributed by atoms with Gasteiger partial charge in [0.25, 0.3) is 0 Å². The first-order valence-corrected chi connectivity index (χ1v) is 4.14. The third-order valence-electron chi connectivity index (χ3n) is 1.75. The van der Waals surface area contributed by atoms with E-state index >= 15 is 0 Å². The highest BCUT2D eigenvalue weighted by atomic mass is 35.5. The number of alkyl halides is 1. The molecule has 0 heterocycles. The fraction of sp³-hybridized carbons (Fsp3) is 0.222. The van der Waals surface area contributed by atoms with Gasteiger partial charge in [-0.05, 0) is 18.6 Å². The standard InChI is InChI=1S/C9H10ClNO/c1-6-3-2-4-7(9(6)11)8(12)5-10/h2-4H,5,11H2,1H3. The lowest BCUT2D eigenvalue weighted by molar-refractivity contribution is 0.102. The van der Waals surface area contributed by atoms with Crippen molar-refractivity contribution in [2.24, 2.45) is 0 Å². The minimum atomic E-state index is -0.127. The van der Waals surface area contributed by atoms with Crippen molar-refractivity contribution in [1.82, 2.24) is 0 Å². The Labute approximate surface area is 76.3 Å². The maximum Gasteiger partial charge on any atom is 0.179 e. The van der Waals surface area contributed by atoms with E-state index in [-0.39, 0.29) is 11.7 Å². The molecule has 1 rings (SSSR count). The second kappa shape index (κ2) is 3.59. The maximum absolute atomic E-state index is 11.2. The van der Waals surface area contributed by atoms with Crippen LogP contribution in [0.15, 0.2) is 18.2 Å². The van der Waals surface area contributed by atoms with E-state index in [1.807, 2.05) is 13.0 Å². The van der Waals surface area contributed by atoms with Crippen molar-refractivity contribution < 1.29 is 4.79 Å². The van der Waals surface area contributed by atoms with Crippen molar-refractivity contribution >= 4 is 23.1 Å². The van der Waals surface area contributed by atoms with E-state index in [1.54, 1.807) is 12.1 Å². The first-order valence-electron chi connectivity index (χ1n) is 3.61. The van der Waals surface area contributed by atoms with Crippen LogP contribution in [0.5, 0.6) is 0 Å². The number of nitrogens with two attached hydrogens (primary N) is 1. The molecule has 1 aromatic rings. The van der Waals surface area contributed by atoms with Crippen LogP contribution in [0.2, 0.25) is 0 Å². The first-order chi connectivity index (χ1) is 5.66. The van der Waals surface area contributed by atoms with Gasteiger partial charge in [-0.25, -0.2) is 0 Å². The molecule has 0 aliphatic heterocycles. The van der Waals surface area contributed by atoms with E-state index in [9.17, 15) is 4.79 Å². The van der Waals surface area contributed by atoms with E-state index in [0.717, 1.165) is 5.56 Å². The monoisotopic (exact) mass is 183 g/mol. The van der Waals surface area contributed by atoms with Gasteiger partial charge < -0.3 is 5.73 Å². The Hall–Kier alpha value is -1.02. The molecule has 0 unspecified atom stereocenters. The zero-order chi connectivity index (χ0) is 9.14. The van der Waals surface area contributed by atoms with Crippen LogP contribution in [-0.4, -0.2) is 11.7 Å².